The van der Waals surface area contributed by atoms with Gasteiger partial charge in [-0.1, -0.05) is 33.6 Å². The Morgan fingerprint density at radius 1 is 0.862 bits per heavy atom. The van der Waals surface area contributed by atoms with Crippen LogP contribution < -0.4 is 0 Å². The van der Waals surface area contributed by atoms with Gasteiger partial charge < -0.3 is 10.2 Å². The third-order valence-corrected chi connectivity index (χ3v) is 11.5. The molecule has 9 atom stereocenters. The van der Waals surface area contributed by atoms with Gasteiger partial charge in [0.05, 0.1) is 11.7 Å². The molecule has 5 aliphatic carbocycles. The molecule has 0 aromatic rings. The highest BCUT2D eigenvalue weighted by Gasteiger charge is 2.60. The van der Waals surface area contributed by atoms with Crippen LogP contribution in [0.25, 0.3) is 0 Å². The van der Waals surface area contributed by atoms with Crippen molar-refractivity contribution in [3.8, 4) is 0 Å². The average Bonchev–Trinajstić information content (AvgIpc) is 3.29. The summed E-state index contributed by atoms with van der Waals surface area (Å²) in [6.45, 7) is 7.82. The Labute approximate surface area is 179 Å². The first kappa shape index (κ1) is 20.8. The van der Waals surface area contributed by atoms with Gasteiger partial charge in [-0.3, -0.25) is 0 Å². The van der Waals surface area contributed by atoms with Gasteiger partial charge >= 0.3 is 0 Å². The minimum Gasteiger partial charge on any atom is -0.393 e. The number of hydrogen-bond acceptors (Lipinski definition) is 2. The monoisotopic (exact) mass is 402 g/mol. The summed E-state index contributed by atoms with van der Waals surface area (Å²) in [5.41, 5.74) is 0.808. The zero-order chi connectivity index (χ0) is 20.4. The van der Waals surface area contributed by atoms with Crippen molar-refractivity contribution in [1.29, 1.82) is 0 Å². The summed E-state index contributed by atoms with van der Waals surface area (Å²) in [6, 6.07) is 0. The Bertz CT molecular complexity index is 612. The summed E-state index contributed by atoms with van der Waals surface area (Å²) in [5.74, 6) is 5.33. The molecule has 29 heavy (non-hydrogen) atoms. The van der Waals surface area contributed by atoms with Crippen LogP contribution >= 0.6 is 0 Å². The molecule has 1 unspecified atom stereocenters. The van der Waals surface area contributed by atoms with Crippen molar-refractivity contribution in [1.82, 2.24) is 0 Å². The van der Waals surface area contributed by atoms with E-state index in [0.717, 1.165) is 67.6 Å². The van der Waals surface area contributed by atoms with Crippen LogP contribution in [0.1, 0.15) is 111 Å². The predicted octanol–water partition coefficient (Wildman–Crippen LogP) is 6.34. The Hall–Kier alpha value is -0.0800. The van der Waals surface area contributed by atoms with Gasteiger partial charge in [0.2, 0.25) is 0 Å². The van der Waals surface area contributed by atoms with Crippen molar-refractivity contribution in [2.24, 2.45) is 46.3 Å². The maximum absolute atomic E-state index is 10.3. The second-order valence-electron chi connectivity index (χ2n) is 12.9. The lowest BCUT2D eigenvalue weighted by atomic mass is 9.44. The number of fused-ring (bicyclic) bond motifs is 5. The Balaban J connectivity index is 1.27. The van der Waals surface area contributed by atoms with Crippen LogP contribution in [0, 0.1) is 46.3 Å². The topological polar surface area (TPSA) is 40.5 Å². The molecule has 5 fully saturated rings. The Morgan fingerprint density at radius 2 is 1.59 bits per heavy atom. The molecule has 5 saturated carbocycles. The van der Waals surface area contributed by atoms with Gasteiger partial charge in [0, 0.05) is 0 Å². The predicted molar refractivity (Wildman–Crippen MR) is 118 cm³/mol. The third-order valence-electron chi connectivity index (χ3n) is 11.5. The molecule has 2 heteroatoms. The summed E-state index contributed by atoms with van der Waals surface area (Å²) < 4.78 is 0. The summed E-state index contributed by atoms with van der Waals surface area (Å²) in [6.07, 6.45) is 17.7. The lowest BCUT2D eigenvalue weighted by Gasteiger charge is -2.61. The van der Waals surface area contributed by atoms with E-state index in [4.69, 9.17) is 0 Å². The Kier molecular flexibility index (Phi) is 5.18. The maximum atomic E-state index is 10.3. The molecular weight excluding hydrogens is 356 g/mol. The highest BCUT2D eigenvalue weighted by molar-refractivity contribution is 5.09. The second kappa shape index (κ2) is 7.22. The van der Waals surface area contributed by atoms with E-state index in [2.05, 4.69) is 20.8 Å². The normalized spacial score (nSPS) is 51.6. The molecule has 0 aromatic heterocycles. The van der Waals surface area contributed by atoms with E-state index in [1.54, 1.807) is 0 Å². The van der Waals surface area contributed by atoms with Crippen molar-refractivity contribution < 1.29 is 10.2 Å². The Morgan fingerprint density at radius 3 is 2.34 bits per heavy atom. The zero-order valence-electron chi connectivity index (χ0n) is 19.3. The van der Waals surface area contributed by atoms with Crippen molar-refractivity contribution in [2.45, 2.75) is 122 Å². The molecule has 5 aliphatic rings. The van der Waals surface area contributed by atoms with E-state index in [1.165, 1.54) is 57.8 Å². The standard InChI is InChI=1S/C27H46O2/c1-18(5-4-12-27(29)15-16-27)22-8-9-23-21-7-6-19-17-20(28)10-13-25(19,2)24(21)11-14-26(22,23)3/h18-24,28-29H,4-17H2,1-3H3/t18?,19-,20-,21-,22+,23-,24-,25-,26+/m0/s1. The molecule has 0 heterocycles. The number of aliphatic hydroxyl groups excluding tert-OH is 1. The molecule has 0 aliphatic heterocycles. The average molecular weight is 403 g/mol. The quantitative estimate of drug-likeness (QED) is 0.563. The first-order valence-electron chi connectivity index (χ1n) is 13.2. The van der Waals surface area contributed by atoms with Crippen LogP contribution in [0.4, 0.5) is 0 Å². The molecule has 0 aromatic carbocycles. The zero-order valence-corrected chi connectivity index (χ0v) is 19.3. The lowest BCUT2D eigenvalue weighted by Crippen LogP contribution is -2.54. The molecule has 5 rings (SSSR count). The third kappa shape index (κ3) is 3.43. The van der Waals surface area contributed by atoms with Crippen molar-refractivity contribution in [2.75, 3.05) is 0 Å². The van der Waals surface area contributed by atoms with Crippen LogP contribution in [-0.2, 0) is 0 Å². The van der Waals surface area contributed by atoms with E-state index in [0.29, 0.717) is 10.8 Å². The largest absolute Gasteiger partial charge is 0.393 e. The van der Waals surface area contributed by atoms with Crippen LogP contribution in [0.5, 0.6) is 0 Å². The summed E-state index contributed by atoms with van der Waals surface area (Å²) in [5, 5.41) is 20.4. The maximum Gasteiger partial charge on any atom is 0.0650 e. The fourth-order valence-corrected chi connectivity index (χ4v) is 9.56. The van der Waals surface area contributed by atoms with E-state index < -0.39 is 0 Å². The van der Waals surface area contributed by atoms with E-state index in [9.17, 15) is 10.2 Å². The SMILES string of the molecule is CC(CCCC1(O)CC1)[C@H]1CC[C@H]2[C@@H]3CC[C@H]4C[C@@H](O)CC[C@]4(C)[C@H]3CC[C@]12C. The first-order chi connectivity index (χ1) is 13.8. The van der Waals surface area contributed by atoms with Gasteiger partial charge in [-0.05, 0) is 123 Å². The van der Waals surface area contributed by atoms with Crippen molar-refractivity contribution in [3.63, 3.8) is 0 Å². The molecule has 0 radical (unpaired) electrons. The molecule has 166 valence electrons. The number of rotatable bonds is 5. The van der Waals surface area contributed by atoms with Crippen LogP contribution in [0.2, 0.25) is 0 Å². The number of hydrogen-bond donors (Lipinski definition) is 2. The van der Waals surface area contributed by atoms with Crippen LogP contribution in [0.15, 0.2) is 0 Å². The second-order valence-corrected chi connectivity index (χ2v) is 12.9. The molecule has 0 saturated heterocycles. The van der Waals surface area contributed by atoms with Crippen LogP contribution in [-0.4, -0.2) is 21.9 Å². The van der Waals surface area contributed by atoms with Gasteiger partial charge in [0.1, 0.15) is 0 Å². The lowest BCUT2D eigenvalue weighted by molar-refractivity contribution is -0.129. The minimum absolute atomic E-state index is 0.0242. The van der Waals surface area contributed by atoms with Gasteiger partial charge in [-0.25, -0.2) is 0 Å². The minimum atomic E-state index is -0.262. The van der Waals surface area contributed by atoms with Crippen molar-refractivity contribution >= 4 is 0 Å². The van der Waals surface area contributed by atoms with Crippen LogP contribution in [0.3, 0.4) is 0 Å². The molecule has 0 amide bonds. The van der Waals surface area contributed by atoms with Gasteiger partial charge in [0.25, 0.3) is 0 Å². The molecule has 2 N–H and O–H groups in total. The first-order valence-corrected chi connectivity index (χ1v) is 13.2. The van der Waals surface area contributed by atoms with Gasteiger partial charge in [-0.15, -0.1) is 0 Å². The highest BCUT2D eigenvalue weighted by atomic mass is 16.3. The summed E-state index contributed by atoms with van der Waals surface area (Å²) in [4.78, 5) is 0. The fourth-order valence-electron chi connectivity index (χ4n) is 9.56. The van der Waals surface area contributed by atoms with E-state index in [1.807, 2.05) is 0 Å². The molecule has 0 spiro atoms. The number of aliphatic hydroxyl groups is 2. The summed E-state index contributed by atoms with van der Waals surface area (Å²) in [7, 11) is 0. The highest BCUT2D eigenvalue weighted by Crippen LogP contribution is 2.68. The van der Waals surface area contributed by atoms with Gasteiger partial charge in [0.15, 0.2) is 0 Å². The molecular formula is C27H46O2. The van der Waals surface area contributed by atoms with Crippen molar-refractivity contribution in [3.05, 3.63) is 0 Å². The van der Waals surface area contributed by atoms with Gasteiger partial charge in [-0.2, -0.15) is 0 Å². The van der Waals surface area contributed by atoms with E-state index in [-0.39, 0.29) is 11.7 Å². The molecule has 2 nitrogen and oxygen atoms in total. The smallest absolute Gasteiger partial charge is 0.0650 e. The molecule has 0 bridgehead atoms. The fraction of sp³-hybridized carbons (Fsp3) is 1.00. The summed E-state index contributed by atoms with van der Waals surface area (Å²) >= 11 is 0. The van der Waals surface area contributed by atoms with E-state index >= 15 is 0 Å².